The molecule has 0 aliphatic rings. The van der Waals surface area contributed by atoms with Gasteiger partial charge in [0.25, 0.3) is 0 Å². The molecule has 6 nitrogen and oxygen atoms in total. The zero-order valence-electron chi connectivity index (χ0n) is 38.3. The zero-order chi connectivity index (χ0) is 41.2. The highest BCUT2D eigenvalue weighted by Gasteiger charge is 2.19. The molecule has 0 radical (unpaired) electrons. The van der Waals surface area contributed by atoms with Gasteiger partial charge in [0.2, 0.25) is 0 Å². The summed E-state index contributed by atoms with van der Waals surface area (Å²) < 4.78 is 16.7. The fourth-order valence-corrected chi connectivity index (χ4v) is 7.46. The van der Waals surface area contributed by atoms with Crippen molar-refractivity contribution < 1.29 is 28.6 Å². The summed E-state index contributed by atoms with van der Waals surface area (Å²) in [5.41, 5.74) is 0. The van der Waals surface area contributed by atoms with Crippen LogP contribution in [-0.4, -0.2) is 37.2 Å². The monoisotopic (exact) mass is 793 g/mol. The first kappa shape index (κ1) is 54.4. The molecule has 1 atom stereocenters. The molecular formula is C50H96O6. The summed E-state index contributed by atoms with van der Waals surface area (Å²) in [7, 11) is 0. The SMILES string of the molecule is CCCCCCCCCCCCC(=O)OC[C@H](COC(=O)CCCCCCCCCCCCCCCCCCC(C)C)OC(=O)CCCCCCCCC(C)C. The topological polar surface area (TPSA) is 78.9 Å². The van der Waals surface area contributed by atoms with Crippen LogP contribution in [0.3, 0.4) is 0 Å². The fourth-order valence-electron chi connectivity index (χ4n) is 7.46. The van der Waals surface area contributed by atoms with Gasteiger partial charge in [-0.2, -0.15) is 0 Å². The summed E-state index contributed by atoms with van der Waals surface area (Å²) in [4.78, 5) is 37.7. The normalized spacial score (nSPS) is 12.1. The molecule has 0 aromatic heterocycles. The Hall–Kier alpha value is -1.59. The molecular weight excluding hydrogens is 697 g/mol. The van der Waals surface area contributed by atoms with Gasteiger partial charge in [0.15, 0.2) is 6.10 Å². The first-order chi connectivity index (χ1) is 27.2. The van der Waals surface area contributed by atoms with Crippen LogP contribution in [0.15, 0.2) is 0 Å². The van der Waals surface area contributed by atoms with Gasteiger partial charge in [0.1, 0.15) is 13.2 Å². The number of esters is 3. The minimum atomic E-state index is -0.761. The maximum Gasteiger partial charge on any atom is 0.306 e. The summed E-state index contributed by atoms with van der Waals surface area (Å²) in [6.07, 6.45) is 42.5. The van der Waals surface area contributed by atoms with E-state index in [4.69, 9.17) is 14.2 Å². The molecule has 0 amide bonds. The average Bonchev–Trinajstić information content (AvgIpc) is 3.16. The molecule has 56 heavy (non-hydrogen) atoms. The summed E-state index contributed by atoms with van der Waals surface area (Å²) in [6, 6.07) is 0. The number of hydrogen-bond donors (Lipinski definition) is 0. The van der Waals surface area contributed by atoms with E-state index in [-0.39, 0.29) is 31.1 Å². The molecule has 0 unspecified atom stereocenters. The van der Waals surface area contributed by atoms with Crippen LogP contribution >= 0.6 is 0 Å². The predicted molar refractivity (Wildman–Crippen MR) is 238 cm³/mol. The lowest BCUT2D eigenvalue weighted by Crippen LogP contribution is -2.30. The van der Waals surface area contributed by atoms with E-state index in [1.807, 2.05) is 0 Å². The Morgan fingerprint density at radius 3 is 0.875 bits per heavy atom. The van der Waals surface area contributed by atoms with Crippen LogP contribution in [0, 0.1) is 11.8 Å². The third-order valence-electron chi connectivity index (χ3n) is 11.2. The molecule has 6 heteroatoms. The first-order valence-corrected chi connectivity index (χ1v) is 24.7. The number of ether oxygens (including phenoxy) is 3. The molecule has 0 aromatic rings. The number of carbonyl (C=O) groups excluding carboxylic acids is 3. The molecule has 0 heterocycles. The van der Waals surface area contributed by atoms with Crippen molar-refractivity contribution in [3.05, 3.63) is 0 Å². The van der Waals surface area contributed by atoms with Crippen molar-refractivity contribution in [3.8, 4) is 0 Å². The van der Waals surface area contributed by atoms with E-state index in [1.165, 1.54) is 161 Å². The number of rotatable bonds is 44. The molecule has 0 aliphatic heterocycles. The standard InChI is InChI=1S/C50H96O6/c1-6-7-8-9-10-11-21-24-30-35-40-48(51)54-43-47(56-50(53)42-37-32-27-26-29-34-39-46(4)5)44-55-49(52)41-36-31-25-22-19-17-15-13-12-14-16-18-20-23-28-33-38-45(2)3/h45-47H,6-44H2,1-5H3/t47-/m1/s1. The molecule has 332 valence electrons. The largest absolute Gasteiger partial charge is 0.462 e. The molecule has 0 rings (SSSR count). The summed E-state index contributed by atoms with van der Waals surface area (Å²) in [5, 5.41) is 0. The second kappa shape index (κ2) is 43.0. The highest BCUT2D eigenvalue weighted by molar-refractivity contribution is 5.71. The van der Waals surface area contributed by atoms with Crippen LogP contribution in [0.4, 0.5) is 0 Å². The molecule has 0 saturated heterocycles. The quantitative estimate of drug-likeness (QED) is 0.0347. The highest BCUT2D eigenvalue weighted by atomic mass is 16.6. The second-order valence-corrected chi connectivity index (χ2v) is 18.1. The smallest absolute Gasteiger partial charge is 0.306 e. The highest BCUT2D eigenvalue weighted by Crippen LogP contribution is 2.17. The van der Waals surface area contributed by atoms with Crippen LogP contribution in [0.2, 0.25) is 0 Å². The van der Waals surface area contributed by atoms with Crippen molar-refractivity contribution in [2.45, 2.75) is 278 Å². The summed E-state index contributed by atoms with van der Waals surface area (Å²) in [6.45, 7) is 11.3. The Balaban J connectivity index is 4.19. The zero-order valence-corrected chi connectivity index (χ0v) is 38.3. The Morgan fingerprint density at radius 2 is 0.589 bits per heavy atom. The minimum absolute atomic E-state index is 0.0651. The van der Waals surface area contributed by atoms with Crippen LogP contribution in [0.5, 0.6) is 0 Å². The summed E-state index contributed by atoms with van der Waals surface area (Å²) >= 11 is 0. The third kappa shape index (κ3) is 43.5. The van der Waals surface area contributed by atoms with Crippen LogP contribution < -0.4 is 0 Å². The van der Waals surface area contributed by atoms with E-state index in [0.29, 0.717) is 19.3 Å². The van der Waals surface area contributed by atoms with Gasteiger partial charge in [-0.15, -0.1) is 0 Å². The second-order valence-electron chi connectivity index (χ2n) is 18.1. The van der Waals surface area contributed by atoms with Gasteiger partial charge < -0.3 is 14.2 Å². The minimum Gasteiger partial charge on any atom is -0.462 e. The van der Waals surface area contributed by atoms with Crippen molar-refractivity contribution in [1.82, 2.24) is 0 Å². The molecule has 0 aliphatic carbocycles. The van der Waals surface area contributed by atoms with E-state index in [9.17, 15) is 14.4 Å². The maximum absolute atomic E-state index is 12.7. The predicted octanol–water partition coefficient (Wildman–Crippen LogP) is 15.8. The number of unbranched alkanes of at least 4 members (excludes halogenated alkanes) is 29. The van der Waals surface area contributed by atoms with Gasteiger partial charge in [-0.05, 0) is 31.1 Å². The maximum atomic E-state index is 12.7. The molecule has 0 fully saturated rings. The van der Waals surface area contributed by atoms with Crippen molar-refractivity contribution in [3.63, 3.8) is 0 Å². The molecule has 0 N–H and O–H groups in total. The molecule has 0 saturated carbocycles. The van der Waals surface area contributed by atoms with E-state index in [1.54, 1.807) is 0 Å². The van der Waals surface area contributed by atoms with Crippen LogP contribution in [0.25, 0.3) is 0 Å². The third-order valence-corrected chi connectivity index (χ3v) is 11.2. The van der Waals surface area contributed by atoms with E-state index in [0.717, 1.165) is 69.6 Å². The lowest BCUT2D eigenvalue weighted by molar-refractivity contribution is -0.167. The Bertz CT molecular complexity index is 854. The Kier molecular flexibility index (Phi) is 41.8. The number of carbonyl (C=O) groups is 3. The van der Waals surface area contributed by atoms with Crippen molar-refractivity contribution >= 4 is 17.9 Å². The first-order valence-electron chi connectivity index (χ1n) is 24.7. The van der Waals surface area contributed by atoms with Gasteiger partial charge in [0.05, 0.1) is 0 Å². The van der Waals surface area contributed by atoms with Crippen LogP contribution in [0.1, 0.15) is 272 Å². The fraction of sp³-hybridized carbons (Fsp3) is 0.940. The van der Waals surface area contributed by atoms with Gasteiger partial charge in [0, 0.05) is 19.3 Å². The Labute approximate surface area is 348 Å². The van der Waals surface area contributed by atoms with Gasteiger partial charge in [-0.25, -0.2) is 0 Å². The van der Waals surface area contributed by atoms with E-state index < -0.39 is 6.10 Å². The molecule has 0 aromatic carbocycles. The van der Waals surface area contributed by atoms with Crippen molar-refractivity contribution in [2.24, 2.45) is 11.8 Å². The van der Waals surface area contributed by atoms with Crippen molar-refractivity contribution in [2.75, 3.05) is 13.2 Å². The van der Waals surface area contributed by atoms with Gasteiger partial charge >= 0.3 is 17.9 Å². The van der Waals surface area contributed by atoms with Gasteiger partial charge in [-0.3, -0.25) is 14.4 Å². The lowest BCUT2D eigenvalue weighted by atomic mass is 10.0. The Morgan fingerprint density at radius 1 is 0.339 bits per heavy atom. The molecule has 0 bridgehead atoms. The van der Waals surface area contributed by atoms with Crippen LogP contribution in [-0.2, 0) is 28.6 Å². The van der Waals surface area contributed by atoms with Gasteiger partial charge in [-0.1, -0.05) is 234 Å². The average molecular weight is 793 g/mol. The van der Waals surface area contributed by atoms with E-state index >= 15 is 0 Å². The molecule has 0 spiro atoms. The summed E-state index contributed by atoms with van der Waals surface area (Å²) in [5.74, 6) is 0.754. The lowest BCUT2D eigenvalue weighted by Gasteiger charge is -2.18. The van der Waals surface area contributed by atoms with Crippen molar-refractivity contribution in [1.29, 1.82) is 0 Å². The van der Waals surface area contributed by atoms with E-state index in [2.05, 4.69) is 34.6 Å². The number of hydrogen-bond acceptors (Lipinski definition) is 6.